The number of pyridine rings is 1. The largest absolute Gasteiger partial charge is 0.503 e. The molecule has 128 valence electrons. The van der Waals surface area contributed by atoms with E-state index in [1.165, 1.54) is 44.2 Å². The van der Waals surface area contributed by atoms with E-state index in [1.807, 2.05) is 11.3 Å². The zero-order valence-corrected chi connectivity index (χ0v) is 14.0. The molecule has 3 N–H and O–H groups in total. The summed E-state index contributed by atoms with van der Waals surface area (Å²) in [5.41, 5.74) is 7.73. The van der Waals surface area contributed by atoms with E-state index in [-0.39, 0.29) is 5.43 Å². The molecule has 0 aliphatic heterocycles. The van der Waals surface area contributed by atoms with Gasteiger partial charge in [-0.05, 0) is 24.3 Å². The fourth-order valence-electron chi connectivity index (χ4n) is 4.01. The highest BCUT2D eigenvalue weighted by molar-refractivity contribution is 6.09. The zero-order chi connectivity index (χ0) is 17.3. The molecule has 5 heteroatoms. The van der Waals surface area contributed by atoms with E-state index < -0.39 is 11.7 Å². The third kappa shape index (κ3) is 2.90. The second kappa shape index (κ2) is 6.67. The average molecular weight is 328 g/mol. The summed E-state index contributed by atoms with van der Waals surface area (Å²) in [6.07, 6.45) is 9.53. The fourth-order valence-corrected chi connectivity index (χ4v) is 4.01. The molecule has 24 heavy (non-hydrogen) atoms. The van der Waals surface area contributed by atoms with E-state index >= 15 is 0 Å². The molecule has 0 bridgehead atoms. The molecule has 1 fully saturated rings. The van der Waals surface area contributed by atoms with Gasteiger partial charge in [0.2, 0.25) is 0 Å². The molecule has 0 radical (unpaired) electrons. The van der Waals surface area contributed by atoms with Gasteiger partial charge in [0.25, 0.3) is 5.91 Å². The SMILES string of the molecule is CCc1c(CC2CCCCC2)n2ccc(=O)cc2c1=C(O)C(N)=O. The van der Waals surface area contributed by atoms with Crippen molar-refractivity contribution in [3.63, 3.8) is 0 Å². The third-order valence-electron chi connectivity index (χ3n) is 5.15. The molecule has 1 aliphatic carbocycles. The normalized spacial score (nSPS) is 17.2. The zero-order valence-electron chi connectivity index (χ0n) is 14.0. The van der Waals surface area contributed by atoms with Gasteiger partial charge in [-0.25, -0.2) is 0 Å². The van der Waals surface area contributed by atoms with Crippen molar-refractivity contribution in [1.29, 1.82) is 0 Å². The van der Waals surface area contributed by atoms with Gasteiger partial charge in [-0.2, -0.15) is 0 Å². The number of hydrogen-bond acceptors (Lipinski definition) is 3. The number of rotatable bonds is 4. The maximum atomic E-state index is 11.8. The lowest BCUT2D eigenvalue weighted by atomic mass is 9.85. The van der Waals surface area contributed by atoms with Crippen LogP contribution in [0.4, 0.5) is 0 Å². The number of fused-ring (bicyclic) bond motifs is 1. The minimum Gasteiger partial charge on any atom is -0.503 e. The third-order valence-corrected chi connectivity index (χ3v) is 5.15. The van der Waals surface area contributed by atoms with Crippen molar-refractivity contribution in [2.45, 2.75) is 51.9 Å². The van der Waals surface area contributed by atoms with Crippen molar-refractivity contribution in [2.75, 3.05) is 0 Å². The van der Waals surface area contributed by atoms with Crippen LogP contribution < -0.4 is 16.4 Å². The van der Waals surface area contributed by atoms with Crippen LogP contribution in [-0.2, 0) is 17.6 Å². The Balaban J connectivity index is 2.26. The summed E-state index contributed by atoms with van der Waals surface area (Å²) in [6.45, 7) is 2.00. The van der Waals surface area contributed by atoms with Crippen molar-refractivity contribution in [3.8, 4) is 0 Å². The molecular formula is C19H24N2O3. The number of nitrogens with two attached hydrogens (primary N) is 1. The minimum absolute atomic E-state index is 0.148. The number of aliphatic hydroxyl groups excluding tert-OH is 1. The summed E-state index contributed by atoms with van der Waals surface area (Å²) in [7, 11) is 0. The smallest absolute Gasteiger partial charge is 0.284 e. The molecule has 1 saturated carbocycles. The first kappa shape index (κ1) is 16.6. The maximum absolute atomic E-state index is 11.8. The van der Waals surface area contributed by atoms with Gasteiger partial charge in [0.1, 0.15) is 0 Å². The fraction of sp³-hybridized carbons (Fsp3) is 0.474. The van der Waals surface area contributed by atoms with E-state index in [0.29, 0.717) is 23.1 Å². The van der Waals surface area contributed by atoms with E-state index in [1.54, 1.807) is 6.20 Å². The second-order valence-electron chi connectivity index (χ2n) is 6.69. The molecule has 1 aliphatic rings. The van der Waals surface area contributed by atoms with E-state index in [9.17, 15) is 14.7 Å². The Bertz CT molecular complexity index is 876. The van der Waals surface area contributed by atoms with Crippen molar-refractivity contribution in [1.82, 2.24) is 4.40 Å². The van der Waals surface area contributed by atoms with Gasteiger partial charge in [-0.1, -0.05) is 39.0 Å². The van der Waals surface area contributed by atoms with Crippen LogP contribution in [0.5, 0.6) is 0 Å². The Labute approximate surface area is 140 Å². The molecule has 0 unspecified atom stereocenters. The van der Waals surface area contributed by atoms with Crippen molar-refractivity contribution >= 4 is 17.2 Å². The summed E-state index contributed by atoms with van der Waals surface area (Å²) >= 11 is 0. The van der Waals surface area contributed by atoms with E-state index in [2.05, 4.69) is 0 Å². The van der Waals surface area contributed by atoms with Crippen LogP contribution in [0.25, 0.3) is 11.3 Å². The molecule has 0 spiro atoms. The maximum Gasteiger partial charge on any atom is 0.284 e. The summed E-state index contributed by atoms with van der Waals surface area (Å²) in [5.74, 6) is -0.708. The van der Waals surface area contributed by atoms with Crippen molar-refractivity contribution in [3.05, 3.63) is 45.0 Å². The number of nitrogens with zero attached hydrogens (tertiary/aromatic N) is 1. The topological polar surface area (TPSA) is 84.8 Å². The first-order valence-corrected chi connectivity index (χ1v) is 8.71. The average Bonchev–Trinajstić information content (AvgIpc) is 2.87. The molecule has 2 aromatic rings. The lowest BCUT2D eigenvalue weighted by Gasteiger charge is -2.22. The first-order chi connectivity index (χ1) is 11.5. The van der Waals surface area contributed by atoms with Crippen molar-refractivity contribution < 1.29 is 9.90 Å². The molecule has 0 saturated heterocycles. The highest BCUT2D eigenvalue weighted by Crippen LogP contribution is 2.28. The quantitative estimate of drug-likeness (QED) is 0.898. The van der Waals surface area contributed by atoms with Crippen LogP contribution in [0.3, 0.4) is 0 Å². The van der Waals surface area contributed by atoms with Crippen LogP contribution in [0.15, 0.2) is 23.1 Å². The number of carbonyl (C=O) groups excluding carboxylic acids is 1. The van der Waals surface area contributed by atoms with Gasteiger partial charge >= 0.3 is 0 Å². The summed E-state index contributed by atoms with van der Waals surface area (Å²) < 4.78 is 1.95. The van der Waals surface area contributed by atoms with Crippen LogP contribution in [0, 0.1) is 5.92 Å². The summed E-state index contributed by atoms with van der Waals surface area (Å²) in [5, 5.41) is 10.7. The summed E-state index contributed by atoms with van der Waals surface area (Å²) in [4.78, 5) is 23.4. The Kier molecular flexibility index (Phi) is 4.60. The lowest BCUT2D eigenvalue weighted by molar-refractivity contribution is -0.114. The summed E-state index contributed by atoms with van der Waals surface area (Å²) in [6, 6.07) is 2.99. The van der Waals surface area contributed by atoms with Gasteiger partial charge in [0.15, 0.2) is 11.2 Å². The monoisotopic (exact) mass is 328 g/mol. The number of primary amides is 1. The number of amides is 1. The molecular weight excluding hydrogens is 304 g/mol. The highest BCUT2D eigenvalue weighted by Gasteiger charge is 2.21. The minimum atomic E-state index is -0.863. The number of aromatic nitrogens is 1. The molecule has 1 amide bonds. The highest BCUT2D eigenvalue weighted by atomic mass is 16.3. The number of hydrogen-bond donors (Lipinski definition) is 2. The van der Waals surface area contributed by atoms with E-state index in [0.717, 1.165) is 17.7 Å². The Morgan fingerprint density at radius 1 is 1.33 bits per heavy atom. The van der Waals surface area contributed by atoms with Gasteiger partial charge < -0.3 is 15.2 Å². The van der Waals surface area contributed by atoms with Gasteiger partial charge in [-0.15, -0.1) is 0 Å². The van der Waals surface area contributed by atoms with Crippen molar-refractivity contribution in [2.24, 2.45) is 11.7 Å². The van der Waals surface area contributed by atoms with Crippen LogP contribution in [-0.4, -0.2) is 15.4 Å². The van der Waals surface area contributed by atoms with Gasteiger partial charge in [-0.3, -0.25) is 9.59 Å². The molecule has 5 nitrogen and oxygen atoms in total. The predicted molar refractivity (Wildman–Crippen MR) is 93.8 cm³/mol. The molecule has 3 rings (SSSR count). The first-order valence-electron chi connectivity index (χ1n) is 8.71. The lowest BCUT2D eigenvalue weighted by Crippen LogP contribution is -2.23. The van der Waals surface area contributed by atoms with Crippen LogP contribution in [0.2, 0.25) is 0 Å². The van der Waals surface area contributed by atoms with Crippen LogP contribution >= 0.6 is 0 Å². The Morgan fingerprint density at radius 3 is 2.67 bits per heavy atom. The molecule has 0 atom stereocenters. The Hall–Kier alpha value is -2.30. The molecule has 2 heterocycles. The van der Waals surface area contributed by atoms with Gasteiger partial charge in [0, 0.05) is 24.0 Å². The van der Waals surface area contributed by atoms with E-state index in [4.69, 9.17) is 5.73 Å². The standard InChI is InChI=1S/C19H24N2O3/c1-2-14-15(10-12-6-4-3-5-7-12)21-9-8-13(22)11-16(21)17(14)18(23)19(20)24/h8-9,11-12,23H,2-7,10H2,1H3,(H2,20,24). The Morgan fingerprint density at radius 2 is 2.04 bits per heavy atom. The number of carbonyl (C=O) groups is 1. The number of aliphatic hydroxyl groups is 1. The molecule has 2 aromatic heterocycles. The molecule has 0 aromatic carbocycles. The van der Waals surface area contributed by atoms with Crippen LogP contribution in [0.1, 0.15) is 50.3 Å². The second-order valence-corrected chi connectivity index (χ2v) is 6.69. The predicted octanol–water partition coefficient (Wildman–Crippen LogP) is 1.86. The van der Waals surface area contributed by atoms with Gasteiger partial charge in [0.05, 0.1) is 10.7 Å².